The van der Waals surface area contributed by atoms with Crippen LogP contribution >= 0.6 is 0 Å². The third-order valence-corrected chi connectivity index (χ3v) is 3.87. The molecule has 0 unspecified atom stereocenters. The first-order valence-electron chi connectivity index (χ1n) is 7.05. The fourth-order valence-corrected chi connectivity index (χ4v) is 2.61. The molecular weight excluding hydrogens is 258 g/mol. The molecule has 1 aliphatic heterocycles. The van der Waals surface area contributed by atoms with E-state index in [1.54, 1.807) is 0 Å². The van der Waals surface area contributed by atoms with Crippen molar-refractivity contribution in [3.63, 3.8) is 0 Å². The van der Waals surface area contributed by atoms with Gasteiger partial charge in [-0.05, 0) is 49.6 Å². The maximum Gasteiger partial charge on any atom is 0.133 e. The minimum Gasteiger partial charge on any atom is -0.383 e. The summed E-state index contributed by atoms with van der Waals surface area (Å²) in [6.07, 6.45) is 0. The standard InChI is InChI=1S/C18H19N3/c1-11-9-15-16(10-12(11)2)21-18(19)17(13(3)20-15)14-7-5-4-6-8-14/h4-10,20H,1-3H3,(H2,19,21). The van der Waals surface area contributed by atoms with Gasteiger partial charge < -0.3 is 11.1 Å². The van der Waals surface area contributed by atoms with Gasteiger partial charge in [0.25, 0.3) is 0 Å². The van der Waals surface area contributed by atoms with Crippen molar-refractivity contribution in [2.45, 2.75) is 20.8 Å². The lowest BCUT2D eigenvalue weighted by Gasteiger charge is -2.12. The maximum absolute atomic E-state index is 6.26. The van der Waals surface area contributed by atoms with Crippen molar-refractivity contribution in [2.75, 3.05) is 5.32 Å². The van der Waals surface area contributed by atoms with Crippen molar-refractivity contribution in [3.05, 3.63) is 64.9 Å². The van der Waals surface area contributed by atoms with Gasteiger partial charge in [0.15, 0.2) is 0 Å². The molecule has 3 heteroatoms. The Balaban J connectivity index is 2.17. The lowest BCUT2D eigenvalue weighted by Crippen LogP contribution is -2.15. The van der Waals surface area contributed by atoms with E-state index < -0.39 is 0 Å². The Morgan fingerprint density at radius 2 is 1.62 bits per heavy atom. The Bertz CT molecular complexity index is 756. The number of anilines is 1. The molecule has 106 valence electrons. The van der Waals surface area contributed by atoms with Gasteiger partial charge in [-0.25, -0.2) is 4.99 Å². The molecule has 1 heterocycles. The van der Waals surface area contributed by atoms with Gasteiger partial charge in [0.1, 0.15) is 5.84 Å². The molecule has 3 nitrogen and oxygen atoms in total. The van der Waals surface area contributed by atoms with Gasteiger partial charge in [0.05, 0.1) is 11.4 Å². The van der Waals surface area contributed by atoms with Crippen molar-refractivity contribution >= 4 is 22.8 Å². The van der Waals surface area contributed by atoms with Crippen molar-refractivity contribution in [3.8, 4) is 0 Å². The van der Waals surface area contributed by atoms with Crippen LogP contribution in [0.15, 0.2) is 53.2 Å². The molecule has 0 saturated carbocycles. The molecule has 0 fully saturated rings. The molecule has 0 radical (unpaired) electrons. The quantitative estimate of drug-likeness (QED) is 0.822. The number of nitrogens with two attached hydrogens (primary N) is 1. The van der Waals surface area contributed by atoms with Gasteiger partial charge in [-0.15, -0.1) is 0 Å². The van der Waals surface area contributed by atoms with Crippen LogP contribution in [0.5, 0.6) is 0 Å². The van der Waals surface area contributed by atoms with Crippen LogP contribution < -0.4 is 11.1 Å². The predicted molar refractivity (Wildman–Crippen MR) is 89.9 cm³/mol. The Hall–Kier alpha value is -2.55. The van der Waals surface area contributed by atoms with Crippen molar-refractivity contribution in [1.29, 1.82) is 0 Å². The zero-order valence-electron chi connectivity index (χ0n) is 12.6. The first-order valence-corrected chi connectivity index (χ1v) is 7.05. The van der Waals surface area contributed by atoms with Gasteiger partial charge in [-0.3, -0.25) is 0 Å². The molecule has 0 spiro atoms. The minimum atomic E-state index is 0.549. The van der Waals surface area contributed by atoms with Crippen molar-refractivity contribution in [1.82, 2.24) is 0 Å². The average Bonchev–Trinajstić information content (AvgIpc) is 2.56. The fraction of sp³-hybridized carbons (Fsp3) is 0.167. The topological polar surface area (TPSA) is 50.4 Å². The highest BCUT2D eigenvalue weighted by molar-refractivity contribution is 6.24. The smallest absolute Gasteiger partial charge is 0.133 e. The Labute approximate surface area is 125 Å². The van der Waals surface area contributed by atoms with E-state index in [-0.39, 0.29) is 0 Å². The SMILES string of the molecule is CC1=C(c2ccccc2)C(N)=Nc2cc(C)c(C)cc2N1. The Kier molecular flexibility index (Phi) is 3.26. The highest BCUT2D eigenvalue weighted by Gasteiger charge is 2.17. The molecule has 1 aliphatic rings. The summed E-state index contributed by atoms with van der Waals surface area (Å²) in [5.41, 5.74) is 13.7. The Morgan fingerprint density at radius 3 is 2.33 bits per heavy atom. The molecule has 2 aromatic carbocycles. The van der Waals surface area contributed by atoms with Crippen LogP contribution in [0.2, 0.25) is 0 Å². The summed E-state index contributed by atoms with van der Waals surface area (Å²) in [5.74, 6) is 0.549. The molecule has 2 aromatic rings. The third-order valence-electron chi connectivity index (χ3n) is 3.87. The number of amidine groups is 1. The van der Waals surface area contributed by atoms with Crippen molar-refractivity contribution < 1.29 is 0 Å². The molecule has 0 amide bonds. The van der Waals surface area contributed by atoms with E-state index in [2.05, 4.69) is 48.4 Å². The second-order valence-corrected chi connectivity index (χ2v) is 5.44. The molecule has 3 N–H and O–H groups in total. The Morgan fingerprint density at radius 1 is 0.952 bits per heavy atom. The molecule has 0 aliphatic carbocycles. The normalized spacial score (nSPS) is 14.1. The van der Waals surface area contributed by atoms with Crippen LogP contribution in [0.25, 0.3) is 5.57 Å². The molecule has 0 bridgehead atoms. The summed E-state index contributed by atoms with van der Waals surface area (Å²) < 4.78 is 0. The van der Waals surface area contributed by atoms with E-state index in [4.69, 9.17) is 5.73 Å². The summed E-state index contributed by atoms with van der Waals surface area (Å²) in [4.78, 5) is 4.62. The molecular formula is C18H19N3. The van der Waals surface area contributed by atoms with E-state index in [0.29, 0.717) is 5.84 Å². The lowest BCUT2D eigenvalue weighted by atomic mass is 10.0. The number of aliphatic imine (C=N–C) groups is 1. The van der Waals surface area contributed by atoms with Crippen LogP contribution in [0.1, 0.15) is 23.6 Å². The zero-order valence-corrected chi connectivity index (χ0v) is 12.6. The highest BCUT2D eigenvalue weighted by atomic mass is 15.0. The van der Waals surface area contributed by atoms with Gasteiger partial charge in [0, 0.05) is 11.3 Å². The molecule has 0 aromatic heterocycles. The first-order chi connectivity index (χ1) is 10.1. The summed E-state index contributed by atoms with van der Waals surface area (Å²) in [5, 5.41) is 3.45. The second kappa shape index (κ2) is 5.09. The largest absolute Gasteiger partial charge is 0.383 e. The van der Waals surface area contributed by atoms with Crippen LogP contribution in [0, 0.1) is 13.8 Å². The van der Waals surface area contributed by atoms with Gasteiger partial charge >= 0.3 is 0 Å². The first kappa shape index (κ1) is 13.4. The number of nitrogens with one attached hydrogen (secondary N) is 1. The van der Waals surface area contributed by atoms with Crippen LogP contribution in [-0.4, -0.2) is 5.84 Å². The number of rotatable bonds is 1. The fourth-order valence-electron chi connectivity index (χ4n) is 2.61. The maximum atomic E-state index is 6.26. The summed E-state index contributed by atoms with van der Waals surface area (Å²) in [6, 6.07) is 14.3. The highest BCUT2D eigenvalue weighted by Crippen LogP contribution is 2.34. The lowest BCUT2D eigenvalue weighted by molar-refractivity contribution is 1.31. The van der Waals surface area contributed by atoms with Crippen LogP contribution in [0.3, 0.4) is 0 Å². The predicted octanol–water partition coefficient (Wildman–Crippen LogP) is 4.15. The number of aryl methyl sites for hydroxylation is 2. The monoisotopic (exact) mass is 277 g/mol. The summed E-state index contributed by atoms with van der Waals surface area (Å²) >= 11 is 0. The van der Waals surface area contributed by atoms with Crippen molar-refractivity contribution in [2.24, 2.45) is 10.7 Å². The molecule has 3 rings (SSSR count). The second-order valence-electron chi connectivity index (χ2n) is 5.44. The van der Waals surface area contributed by atoms with Gasteiger partial charge in [-0.2, -0.15) is 0 Å². The van der Waals surface area contributed by atoms with E-state index in [1.165, 1.54) is 11.1 Å². The number of allylic oxidation sites excluding steroid dienone is 1. The zero-order chi connectivity index (χ0) is 15.0. The van der Waals surface area contributed by atoms with E-state index >= 15 is 0 Å². The van der Waals surface area contributed by atoms with E-state index in [9.17, 15) is 0 Å². The molecule has 0 saturated heterocycles. The number of fused-ring (bicyclic) bond motifs is 1. The molecule has 21 heavy (non-hydrogen) atoms. The van der Waals surface area contributed by atoms with E-state index in [0.717, 1.165) is 28.2 Å². The van der Waals surface area contributed by atoms with Gasteiger partial charge in [-0.1, -0.05) is 30.3 Å². The minimum absolute atomic E-state index is 0.549. The molecule has 0 atom stereocenters. The van der Waals surface area contributed by atoms with Crippen LogP contribution in [-0.2, 0) is 0 Å². The van der Waals surface area contributed by atoms with Crippen LogP contribution in [0.4, 0.5) is 11.4 Å². The average molecular weight is 277 g/mol. The summed E-state index contributed by atoms with van der Waals surface area (Å²) in [6.45, 7) is 6.23. The number of hydrogen-bond donors (Lipinski definition) is 2. The van der Waals surface area contributed by atoms with Gasteiger partial charge in [0.2, 0.25) is 0 Å². The number of benzene rings is 2. The third kappa shape index (κ3) is 2.42. The van der Waals surface area contributed by atoms with E-state index in [1.807, 2.05) is 25.1 Å². The summed E-state index contributed by atoms with van der Waals surface area (Å²) in [7, 11) is 0. The number of hydrogen-bond acceptors (Lipinski definition) is 3. The number of nitrogens with zero attached hydrogens (tertiary/aromatic N) is 1.